The maximum atomic E-state index is 11.0. The highest BCUT2D eigenvalue weighted by molar-refractivity contribution is 5.69. The third-order valence-corrected chi connectivity index (χ3v) is 4.23. The minimum absolute atomic E-state index is 0.101. The molecule has 1 heterocycles. The second-order valence-electron chi connectivity index (χ2n) is 5.98. The Balaban J connectivity index is 1.49. The Morgan fingerprint density at radius 1 is 1.25 bits per heavy atom. The van der Waals surface area contributed by atoms with Crippen LogP contribution in [-0.2, 0) is 11.3 Å². The highest BCUT2D eigenvalue weighted by Gasteiger charge is 2.28. The Bertz CT molecular complexity index is 700. The molecule has 126 valence electrons. The molecule has 24 heavy (non-hydrogen) atoms. The molecule has 6 heteroatoms. The Kier molecular flexibility index (Phi) is 4.96. The van der Waals surface area contributed by atoms with Crippen LogP contribution in [0.15, 0.2) is 48.5 Å². The quantitative estimate of drug-likeness (QED) is 0.624. The lowest BCUT2D eigenvalue weighted by atomic mass is 10.00. The van der Waals surface area contributed by atoms with Gasteiger partial charge in [-0.2, -0.15) is 0 Å². The number of nitro groups is 1. The van der Waals surface area contributed by atoms with E-state index < -0.39 is 0 Å². The number of rotatable bonds is 7. The van der Waals surface area contributed by atoms with Gasteiger partial charge in [-0.05, 0) is 17.7 Å². The van der Waals surface area contributed by atoms with Crippen LogP contribution >= 0.6 is 0 Å². The Morgan fingerprint density at radius 3 is 2.67 bits per heavy atom. The number of nitrogens with zero attached hydrogens (tertiary/aromatic N) is 2. The predicted molar refractivity (Wildman–Crippen MR) is 94.4 cm³/mol. The molecule has 1 fully saturated rings. The molecule has 0 spiro atoms. The van der Waals surface area contributed by atoms with Gasteiger partial charge in [0, 0.05) is 37.8 Å². The van der Waals surface area contributed by atoms with E-state index in [4.69, 9.17) is 4.74 Å². The van der Waals surface area contributed by atoms with Gasteiger partial charge >= 0.3 is 0 Å². The van der Waals surface area contributed by atoms with Crippen LogP contribution in [0.3, 0.4) is 0 Å². The summed E-state index contributed by atoms with van der Waals surface area (Å²) >= 11 is 0. The molecule has 0 radical (unpaired) electrons. The van der Waals surface area contributed by atoms with Crippen molar-refractivity contribution in [2.45, 2.75) is 6.61 Å². The van der Waals surface area contributed by atoms with Gasteiger partial charge in [-0.1, -0.05) is 30.3 Å². The van der Waals surface area contributed by atoms with E-state index in [9.17, 15) is 10.1 Å². The first kappa shape index (κ1) is 16.3. The summed E-state index contributed by atoms with van der Waals surface area (Å²) in [6.07, 6.45) is 0. The summed E-state index contributed by atoms with van der Waals surface area (Å²) in [5.41, 5.74) is 2.83. The molecular weight excluding hydrogens is 306 g/mol. The van der Waals surface area contributed by atoms with Gasteiger partial charge < -0.3 is 15.0 Å². The fourth-order valence-electron chi connectivity index (χ4n) is 2.88. The molecule has 0 aromatic heterocycles. The Morgan fingerprint density at radius 2 is 2.00 bits per heavy atom. The molecule has 0 amide bonds. The second-order valence-corrected chi connectivity index (χ2v) is 5.98. The van der Waals surface area contributed by atoms with Gasteiger partial charge in [-0.15, -0.1) is 0 Å². The number of ether oxygens (including phenoxy) is 1. The number of benzene rings is 2. The molecule has 0 atom stereocenters. The number of anilines is 2. The van der Waals surface area contributed by atoms with E-state index in [1.165, 1.54) is 5.56 Å². The third-order valence-electron chi connectivity index (χ3n) is 4.23. The van der Waals surface area contributed by atoms with Crippen LogP contribution in [0.4, 0.5) is 17.1 Å². The lowest BCUT2D eigenvalue weighted by Crippen LogP contribution is -2.48. The van der Waals surface area contributed by atoms with Crippen LogP contribution in [0, 0.1) is 16.0 Å². The zero-order valence-corrected chi connectivity index (χ0v) is 13.6. The summed E-state index contributed by atoms with van der Waals surface area (Å²) in [5.74, 6) is 0.502. The first-order chi connectivity index (χ1) is 11.7. The van der Waals surface area contributed by atoms with Crippen molar-refractivity contribution in [2.75, 3.05) is 37.0 Å². The van der Waals surface area contributed by atoms with Crippen molar-refractivity contribution >= 4 is 17.1 Å². The summed E-state index contributed by atoms with van der Waals surface area (Å²) in [6, 6.07) is 15.3. The van der Waals surface area contributed by atoms with Crippen molar-refractivity contribution in [2.24, 2.45) is 5.92 Å². The minimum atomic E-state index is -0.369. The number of nitrogens with one attached hydrogen (secondary N) is 1. The van der Waals surface area contributed by atoms with Gasteiger partial charge in [-0.3, -0.25) is 10.1 Å². The van der Waals surface area contributed by atoms with Crippen molar-refractivity contribution in [3.63, 3.8) is 0 Å². The fourth-order valence-corrected chi connectivity index (χ4v) is 2.88. The molecule has 0 aliphatic carbocycles. The van der Waals surface area contributed by atoms with Crippen molar-refractivity contribution in [3.8, 4) is 0 Å². The minimum Gasteiger partial charge on any atom is -0.383 e. The monoisotopic (exact) mass is 327 g/mol. The number of hydrogen-bond acceptors (Lipinski definition) is 5. The van der Waals surface area contributed by atoms with Gasteiger partial charge in [0.1, 0.15) is 5.69 Å². The topological polar surface area (TPSA) is 67.6 Å². The lowest BCUT2D eigenvalue weighted by Gasteiger charge is -2.41. The van der Waals surface area contributed by atoms with Crippen LogP contribution in [0.5, 0.6) is 0 Å². The van der Waals surface area contributed by atoms with E-state index >= 15 is 0 Å². The van der Waals surface area contributed by atoms with E-state index in [-0.39, 0.29) is 10.6 Å². The average Bonchev–Trinajstić information content (AvgIpc) is 2.57. The molecule has 0 saturated carbocycles. The first-order valence-corrected chi connectivity index (χ1v) is 8.00. The SMILES string of the molecule is CNc1cc(N2CC(COCc3ccccc3)C2)ccc1[N+](=O)[O-]. The maximum Gasteiger partial charge on any atom is 0.292 e. The van der Waals surface area contributed by atoms with Gasteiger partial charge in [0.15, 0.2) is 0 Å². The smallest absolute Gasteiger partial charge is 0.292 e. The number of nitro benzene ring substituents is 1. The largest absolute Gasteiger partial charge is 0.383 e. The van der Waals surface area contributed by atoms with E-state index in [0.717, 1.165) is 25.4 Å². The van der Waals surface area contributed by atoms with E-state index in [1.54, 1.807) is 19.2 Å². The van der Waals surface area contributed by atoms with Crippen LogP contribution in [0.2, 0.25) is 0 Å². The fraction of sp³-hybridized carbons (Fsp3) is 0.333. The van der Waals surface area contributed by atoms with Crippen LogP contribution in [0.1, 0.15) is 5.56 Å². The zero-order valence-electron chi connectivity index (χ0n) is 13.6. The zero-order chi connectivity index (χ0) is 16.9. The van der Waals surface area contributed by atoms with Gasteiger partial charge in [-0.25, -0.2) is 0 Å². The highest BCUT2D eigenvalue weighted by atomic mass is 16.6. The van der Waals surface area contributed by atoms with E-state index in [1.807, 2.05) is 24.3 Å². The molecule has 3 rings (SSSR count). The molecular formula is C18H21N3O3. The standard InChI is InChI=1S/C18H21N3O3/c1-19-17-9-16(7-8-18(17)21(22)23)20-10-15(11-20)13-24-12-14-5-3-2-4-6-14/h2-9,15,19H,10-13H2,1H3. The van der Waals surface area contributed by atoms with Crippen LogP contribution < -0.4 is 10.2 Å². The van der Waals surface area contributed by atoms with Gasteiger partial charge in [0.2, 0.25) is 0 Å². The summed E-state index contributed by atoms with van der Waals surface area (Å²) in [4.78, 5) is 12.8. The van der Waals surface area contributed by atoms with Gasteiger partial charge in [0.05, 0.1) is 18.1 Å². The molecule has 2 aromatic rings. The maximum absolute atomic E-state index is 11.0. The van der Waals surface area contributed by atoms with Crippen molar-refractivity contribution < 1.29 is 9.66 Å². The Labute approximate surface area is 141 Å². The van der Waals surface area contributed by atoms with E-state index in [0.29, 0.717) is 18.2 Å². The number of hydrogen-bond donors (Lipinski definition) is 1. The van der Waals surface area contributed by atoms with Crippen LogP contribution in [0.25, 0.3) is 0 Å². The second kappa shape index (κ2) is 7.31. The summed E-state index contributed by atoms with van der Waals surface area (Å²) in [6.45, 7) is 3.20. The van der Waals surface area contributed by atoms with E-state index in [2.05, 4.69) is 22.3 Å². The molecule has 1 saturated heterocycles. The molecule has 1 aliphatic heterocycles. The van der Waals surface area contributed by atoms with Gasteiger partial charge in [0.25, 0.3) is 5.69 Å². The Hall–Kier alpha value is -2.60. The summed E-state index contributed by atoms with van der Waals surface area (Å²) in [7, 11) is 1.70. The predicted octanol–water partition coefficient (Wildman–Crippen LogP) is 3.29. The molecule has 2 aromatic carbocycles. The molecule has 0 unspecified atom stereocenters. The average molecular weight is 327 g/mol. The third kappa shape index (κ3) is 3.65. The highest BCUT2D eigenvalue weighted by Crippen LogP contribution is 2.32. The van der Waals surface area contributed by atoms with Crippen molar-refractivity contribution in [1.82, 2.24) is 0 Å². The molecule has 1 aliphatic rings. The van der Waals surface area contributed by atoms with Crippen molar-refractivity contribution in [1.29, 1.82) is 0 Å². The van der Waals surface area contributed by atoms with Crippen LogP contribution in [-0.4, -0.2) is 31.7 Å². The molecule has 6 nitrogen and oxygen atoms in total. The lowest BCUT2D eigenvalue weighted by molar-refractivity contribution is -0.383. The summed E-state index contributed by atoms with van der Waals surface area (Å²) in [5, 5.41) is 13.9. The summed E-state index contributed by atoms with van der Waals surface area (Å²) < 4.78 is 5.77. The van der Waals surface area contributed by atoms with Crippen molar-refractivity contribution in [3.05, 3.63) is 64.2 Å². The normalized spacial score (nSPS) is 14.3. The molecule has 0 bridgehead atoms. The molecule has 1 N–H and O–H groups in total. The first-order valence-electron chi connectivity index (χ1n) is 8.00.